The van der Waals surface area contributed by atoms with Crippen LogP contribution in [0.15, 0.2) is 94.7 Å². The predicted octanol–water partition coefficient (Wildman–Crippen LogP) is 4.12. The Kier molecular flexibility index (Phi) is 11.9. The van der Waals surface area contributed by atoms with Crippen molar-refractivity contribution in [1.29, 1.82) is 0 Å². The average Bonchev–Trinajstić information content (AvgIpc) is 2.88. The third kappa shape index (κ3) is 11.1. The lowest BCUT2D eigenvalue weighted by molar-refractivity contribution is 0.102. The van der Waals surface area contributed by atoms with Crippen LogP contribution in [0.5, 0.6) is 0 Å². The van der Waals surface area contributed by atoms with Gasteiger partial charge in [0.05, 0.1) is 20.9 Å². The van der Waals surface area contributed by atoms with E-state index >= 15 is 0 Å². The molecule has 0 saturated heterocycles. The molecule has 0 fully saturated rings. The summed E-state index contributed by atoms with van der Waals surface area (Å²) >= 11 is 4.96. The van der Waals surface area contributed by atoms with Gasteiger partial charge < -0.3 is 11.1 Å². The van der Waals surface area contributed by atoms with E-state index in [9.17, 15) is 44.0 Å². The van der Waals surface area contributed by atoms with Crippen molar-refractivity contribution in [2.75, 3.05) is 11.1 Å². The van der Waals surface area contributed by atoms with Gasteiger partial charge in [-0.1, -0.05) is 12.1 Å². The van der Waals surface area contributed by atoms with Gasteiger partial charge in [-0.3, -0.25) is 9.59 Å². The molecule has 0 bridgehead atoms. The summed E-state index contributed by atoms with van der Waals surface area (Å²) in [7, 11) is -7.52. The minimum Gasteiger partial charge on any atom is -0.399 e. The van der Waals surface area contributed by atoms with Crippen LogP contribution in [-0.2, 0) is 20.0 Å². The van der Waals surface area contributed by atoms with Crippen molar-refractivity contribution in [3.8, 4) is 0 Å². The van der Waals surface area contributed by atoms with Crippen LogP contribution < -0.4 is 21.3 Å². The number of hydrogen-bond donors (Lipinski definition) is 4. The number of nitrogen functional groups attached to an aromatic ring is 1. The first kappa shape index (κ1) is 34.8. The summed E-state index contributed by atoms with van der Waals surface area (Å²) in [6.45, 7) is 0. The van der Waals surface area contributed by atoms with Crippen LogP contribution in [-0.4, -0.2) is 28.0 Å². The van der Waals surface area contributed by atoms with Crippen LogP contribution in [0.3, 0.4) is 0 Å². The van der Waals surface area contributed by atoms with E-state index < -0.39 is 54.5 Å². The maximum absolute atomic E-state index is 13.5. The van der Waals surface area contributed by atoms with E-state index in [2.05, 4.69) is 5.32 Å². The number of nitrogens with two attached hydrogens (primary N) is 3. The van der Waals surface area contributed by atoms with Crippen molar-refractivity contribution in [1.82, 2.24) is 0 Å². The zero-order valence-electron chi connectivity index (χ0n) is 21.5. The molecule has 4 aromatic carbocycles. The molecule has 43 heavy (non-hydrogen) atoms. The summed E-state index contributed by atoms with van der Waals surface area (Å²) in [4.78, 5) is 22.1. The average molecular weight is 661 g/mol. The lowest BCUT2D eigenvalue weighted by Gasteiger charge is -2.07. The molecule has 17 heteroatoms. The topological polar surface area (TPSA) is 193 Å². The molecule has 0 unspecified atom stereocenters. The van der Waals surface area contributed by atoms with Gasteiger partial charge in [-0.2, -0.15) is 0 Å². The number of rotatable bonds is 5. The Hall–Kier alpha value is -4.35. The molecule has 0 aliphatic heterocycles. The summed E-state index contributed by atoms with van der Waals surface area (Å²) in [6.07, 6.45) is 0. The van der Waals surface area contributed by atoms with Crippen molar-refractivity contribution in [3.63, 3.8) is 0 Å². The lowest BCUT2D eigenvalue weighted by Crippen LogP contribution is -2.15. The number of anilines is 2. The fourth-order valence-corrected chi connectivity index (χ4v) is 4.24. The summed E-state index contributed by atoms with van der Waals surface area (Å²) in [5.74, 6) is -4.33. The van der Waals surface area contributed by atoms with Gasteiger partial charge >= 0.3 is 0 Å². The number of nitrogens with one attached hydrogen (secondary N) is 1. The molecule has 228 valence electrons. The van der Waals surface area contributed by atoms with Crippen LogP contribution in [0.4, 0.5) is 28.9 Å². The minimum atomic E-state index is -3.91. The van der Waals surface area contributed by atoms with Gasteiger partial charge in [-0.15, -0.1) is 0 Å². The van der Waals surface area contributed by atoms with Crippen LogP contribution in [0.2, 0.25) is 0 Å². The second-order valence-electron chi connectivity index (χ2n) is 8.17. The summed E-state index contributed by atoms with van der Waals surface area (Å²) in [6, 6.07) is 16.1. The Morgan fingerprint density at radius 2 is 1.12 bits per heavy atom. The van der Waals surface area contributed by atoms with Gasteiger partial charge in [0.2, 0.25) is 20.0 Å². The van der Waals surface area contributed by atoms with Crippen molar-refractivity contribution in [2.24, 2.45) is 10.3 Å². The van der Waals surface area contributed by atoms with Gasteiger partial charge in [0.1, 0.15) is 23.3 Å². The van der Waals surface area contributed by atoms with E-state index in [0.717, 1.165) is 30.3 Å². The zero-order chi connectivity index (χ0) is 32.5. The van der Waals surface area contributed by atoms with E-state index in [4.69, 9.17) is 27.6 Å². The number of carbonyl (C=O) groups is 2. The molecule has 0 aliphatic rings. The second kappa shape index (κ2) is 14.7. The first-order valence-electron chi connectivity index (χ1n) is 11.3. The number of primary sulfonamides is 2. The van der Waals surface area contributed by atoms with Crippen molar-refractivity contribution >= 4 is 54.2 Å². The quantitative estimate of drug-likeness (QED) is 0.140. The Balaban J connectivity index is 0.000000247. The molecule has 0 saturated carbocycles. The first-order valence-corrected chi connectivity index (χ1v) is 14.8. The van der Waals surface area contributed by atoms with Crippen LogP contribution >= 0.6 is 11.6 Å². The molecule has 4 rings (SSSR count). The molecular formula is C26H21ClF4N4O6S2. The highest BCUT2D eigenvalue weighted by atomic mass is 35.5. The van der Waals surface area contributed by atoms with E-state index in [-0.39, 0.29) is 26.6 Å². The number of benzene rings is 4. The molecule has 0 aliphatic carbocycles. The molecule has 0 atom stereocenters. The first-order chi connectivity index (χ1) is 19.9. The molecule has 4 aromatic rings. The fraction of sp³-hybridized carbons (Fsp3) is 0. The predicted molar refractivity (Wildman–Crippen MR) is 151 cm³/mol. The van der Waals surface area contributed by atoms with Gasteiger partial charge in [0, 0.05) is 23.5 Å². The smallest absolute Gasteiger partial charge is 0.258 e. The Labute approximate surface area is 248 Å². The molecule has 1 amide bonds. The highest BCUT2D eigenvalue weighted by Crippen LogP contribution is 2.17. The SMILES string of the molecule is NS(=O)(=O)c1cccc(NC(=O)c2ccc(F)cc2F)c1.Nc1cccc(S(N)(=O)=O)c1.O=C(Cl)c1ccc(F)cc1F. The van der Waals surface area contributed by atoms with E-state index in [1.807, 2.05) is 0 Å². The highest BCUT2D eigenvalue weighted by molar-refractivity contribution is 7.89. The molecule has 7 N–H and O–H groups in total. The van der Waals surface area contributed by atoms with Crippen LogP contribution in [0.1, 0.15) is 20.7 Å². The number of amides is 1. The maximum atomic E-state index is 13.5. The largest absolute Gasteiger partial charge is 0.399 e. The van der Waals surface area contributed by atoms with Gasteiger partial charge in [0.15, 0.2) is 0 Å². The molecule has 0 aromatic heterocycles. The van der Waals surface area contributed by atoms with E-state index in [1.165, 1.54) is 36.4 Å². The Bertz CT molecular complexity index is 1880. The van der Waals surface area contributed by atoms with Gasteiger partial charge in [-0.05, 0) is 72.3 Å². The van der Waals surface area contributed by atoms with Crippen LogP contribution in [0, 0.1) is 23.3 Å². The molecule has 10 nitrogen and oxygen atoms in total. The van der Waals surface area contributed by atoms with Crippen LogP contribution in [0.25, 0.3) is 0 Å². The minimum absolute atomic E-state index is 0.0394. The number of sulfonamides is 2. The van der Waals surface area contributed by atoms with E-state index in [0.29, 0.717) is 17.8 Å². The monoisotopic (exact) mass is 660 g/mol. The summed E-state index contributed by atoms with van der Waals surface area (Å²) in [5, 5.41) is 11.2. The maximum Gasteiger partial charge on any atom is 0.258 e. The normalized spacial score (nSPS) is 10.9. The number of halogens is 5. The second-order valence-corrected chi connectivity index (χ2v) is 11.6. The Morgan fingerprint density at radius 3 is 1.53 bits per heavy atom. The zero-order valence-corrected chi connectivity index (χ0v) is 23.9. The van der Waals surface area contributed by atoms with Gasteiger partial charge in [0.25, 0.3) is 11.1 Å². The van der Waals surface area contributed by atoms with Gasteiger partial charge in [-0.25, -0.2) is 44.7 Å². The molecule has 0 heterocycles. The Morgan fingerprint density at radius 1 is 0.651 bits per heavy atom. The fourth-order valence-electron chi connectivity index (χ4n) is 2.96. The highest BCUT2D eigenvalue weighted by Gasteiger charge is 2.14. The molecule has 0 radical (unpaired) electrons. The number of hydrogen-bond acceptors (Lipinski definition) is 7. The summed E-state index contributed by atoms with van der Waals surface area (Å²) in [5.41, 5.74) is 5.17. The van der Waals surface area contributed by atoms with Crippen molar-refractivity contribution in [3.05, 3.63) is 119 Å². The van der Waals surface area contributed by atoms with Crippen molar-refractivity contribution < 1.29 is 44.0 Å². The lowest BCUT2D eigenvalue weighted by atomic mass is 10.2. The standard InChI is InChI=1S/C13H10F2N2O3S.C7H3ClF2O.C6H8N2O2S/c14-8-4-5-11(12(15)6-8)13(18)17-9-2-1-3-10(7-9)21(16,19)20;8-7(11)5-2-1-4(9)3-6(5)10;7-5-2-1-3-6(4-5)11(8,9)10/h1-7H,(H,17,18)(H2,16,19,20);1-3H;1-4H,7H2,(H2,8,9,10). The van der Waals surface area contributed by atoms with E-state index in [1.54, 1.807) is 6.07 Å². The molecular weight excluding hydrogens is 640 g/mol. The number of carbonyl (C=O) groups excluding carboxylic acids is 2. The third-order valence-electron chi connectivity index (χ3n) is 4.93. The molecule has 0 spiro atoms. The summed E-state index contributed by atoms with van der Waals surface area (Å²) < 4.78 is 94.8. The van der Waals surface area contributed by atoms with Crippen molar-refractivity contribution in [2.45, 2.75) is 9.79 Å². The third-order valence-corrected chi connectivity index (χ3v) is 6.95.